The molecule has 0 aliphatic heterocycles. The molecule has 2 aromatic carbocycles. The Morgan fingerprint density at radius 2 is 1.94 bits per heavy atom. The fraction of sp³-hybridized carbons (Fsp3) is 0.136. The van der Waals surface area contributed by atoms with E-state index in [-0.39, 0.29) is 18.2 Å². The van der Waals surface area contributed by atoms with Crippen molar-refractivity contribution in [2.24, 2.45) is 5.73 Å². The van der Waals surface area contributed by atoms with Crippen molar-refractivity contribution >= 4 is 34.2 Å². The van der Waals surface area contributed by atoms with Gasteiger partial charge in [-0.25, -0.2) is 23.8 Å². The number of para-hydroxylation sites is 1. The number of nitrogens with two attached hydrogens (primary N) is 1. The lowest BCUT2D eigenvalue weighted by molar-refractivity contribution is 0.629. The number of hydrogen-bond acceptors (Lipinski definition) is 4. The first-order valence-electron chi connectivity index (χ1n) is 9.68. The Hall–Kier alpha value is -3.49. The van der Waals surface area contributed by atoms with Gasteiger partial charge in [-0.3, -0.25) is 0 Å². The van der Waals surface area contributed by atoms with E-state index in [1.165, 1.54) is 16.7 Å². The molecular weight excluding hydrogens is 419 g/mol. The molecule has 3 N–H and O–H groups in total. The van der Waals surface area contributed by atoms with Crippen LogP contribution >= 0.6 is 12.4 Å². The third kappa shape index (κ3) is 3.60. The second-order valence-corrected chi connectivity index (χ2v) is 7.09. The summed E-state index contributed by atoms with van der Waals surface area (Å²) < 4.78 is 17.5. The van der Waals surface area contributed by atoms with Crippen LogP contribution in [0.5, 0.6) is 0 Å². The van der Waals surface area contributed by atoms with Gasteiger partial charge in [0.1, 0.15) is 11.5 Å². The van der Waals surface area contributed by atoms with Gasteiger partial charge in [0.15, 0.2) is 5.82 Å². The van der Waals surface area contributed by atoms with E-state index in [2.05, 4.69) is 15.2 Å². The molecule has 0 saturated heterocycles. The molecule has 0 amide bonds. The number of aromatic nitrogens is 5. The quantitative estimate of drug-likeness (QED) is 0.438. The smallest absolute Gasteiger partial charge is 0.345 e. The Morgan fingerprint density at radius 3 is 2.77 bits per heavy atom. The van der Waals surface area contributed by atoms with E-state index < -0.39 is 5.69 Å². The summed E-state index contributed by atoms with van der Waals surface area (Å²) in [5.74, 6) is -0.00450. The van der Waals surface area contributed by atoms with Crippen LogP contribution in [-0.2, 0) is 6.54 Å². The first-order chi connectivity index (χ1) is 14.7. The van der Waals surface area contributed by atoms with E-state index in [0.717, 1.165) is 22.8 Å². The summed E-state index contributed by atoms with van der Waals surface area (Å²) in [4.78, 5) is 17.4. The van der Waals surface area contributed by atoms with Crippen molar-refractivity contribution in [2.75, 3.05) is 6.54 Å². The van der Waals surface area contributed by atoms with Crippen LogP contribution in [-0.4, -0.2) is 30.9 Å². The zero-order chi connectivity index (χ0) is 20.7. The van der Waals surface area contributed by atoms with Gasteiger partial charge in [-0.15, -0.1) is 12.4 Å². The summed E-state index contributed by atoms with van der Waals surface area (Å²) in [5, 5.41) is 8.33. The van der Waals surface area contributed by atoms with E-state index in [4.69, 9.17) is 5.73 Å². The summed E-state index contributed by atoms with van der Waals surface area (Å²) in [7, 11) is 0. The van der Waals surface area contributed by atoms with Crippen molar-refractivity contribution in [3.63, 3.8) is 0 Å². The second-order valence-electron chi connectivity index (χ2n) is 7.09. The molecule has 0 radical (unpaired) electrons. The number of benzene rings is 2. The van der Waals surface area contributed by atoms with Crippen molar-refractivity contribution in [1.29, 1.82) is 0 Å². The lowest BCUT2D eigenvalue weighted by Crippen LogP contribution is -2.15. The van der Waals surface area contributed by atoms with Gasteiger partial charge in [0, 0.05) is 23.5 Å². The summed E-state index contributed by atoms with van der Waals surface area (Å²) in [5.41, 5.74) is 7.97. The molecule has 0 aliphatic carbocycles. The molecule has 158 valence electrons. The standard InChI is InChI=1S/C22H19FN6O.ClH/c23-15-7-9-19-16(12-15)20(13-28(19)11-3-10-24)29-21(26-27-22(29)30)18-8-6-14-4-1-2-5-17(14)25-18;/h1-2,4-9,12-13H,3,10-11,24H2,(H,27,30);1H. The number of nitrogens with one attached hydrogen (secondary N) is 1. The number of aromatic amines is 1. The average molecular weight is 439 g/mol. The molecule has 0 bridgehead atoms. The SMILES string of the molecule is Cl.NCCCn1cc(-n2c(-c3ccc4ccccc4n3)n[nH]c2=O)c2cc(F)ccc21. The maximum absolute atomic E-state index is 14.1. The molecule has 31 heavy (non-hydrogen) atoms. The number of halogens is 2. The maximum Gasteiger partial charge on any atom is 0.348 e. The van der Waals surface area contributed by atoms with Gasteiger partial charge in [0.25, 0.3) is 0 Å². The molecule has 5 rings (SSSR count). The number of fused-ring (bicyclic) bond motifs is 2. The van der Waals surface area contributed by atoms with E-state index >= 15 is 0 Å². The normalized spacial score (nSPS) is 11.2. The van der Waals surface area contributed by atoms with Gasteiger partial charge in [-0.2, -0.15) is 5.10 Å². The molecule has 9 heteroatoms. The third-order valence-electron chi connectivity index (χ3n) is 5.17. The zero-order valence-electron chi connectivity index (χ0n) is 16.5. The number of H-pyrrole nitrogens is 1. The molecule has 0 aliphatic rings. The number of pyridine rings is 1. The highest BCUT2D eigenvalue weighted by Crippen LogP contribution is 2.28. The molecule has 3 aromatic heterocycles. The van der Waals surface area contributed by atoms with Crippen molar-refractivity contribution < 1.29 is 4.39 Å². The fourth-order valence-electron chi connectivity index (χ4n) is 3.76. The minimum atomic E-state index is -0.415. The number of hydrogen-bond donors (Lipinski definition) is 2. The molecule has 5 aromatic rings. The van der Waals surface area contributed by atoms with Gasteiger partial charge < -0.3 is 10.3 Å². The Labute approximate surface area is 182 Å². The van der Waals surface area contributed by atoms with Crippen molar-refractivity contribution in [3.05, 3.63) is 77.1 Å². The van der Waals surface area contributed by atoms with Gasteiger partial charge in [0.05, 0.1) is 16.7 Å². The zero-order valence-corrected chi connectivity index (χ0v) is 17.3. The first-order valence-corrected chi connectivity index (χ1v) is 9.68. The minimum absolute atomic E-state index is 0. The van der Waals surface area contributed by atoms with Crippen molar-refractivity contribution in [3.8, 4) is 17.2 Å². The van der Waals surface area contributed by atoms with Crippen LogP contribution in [0.4, 0.5) is 4.39 Å². The largest absolute Gasteiger partial charge is 0.348 e. The highest BCUT2D eigenvalue weighted by molar-refractivity contribution is 5.90. The highest BCUT2D eigenvalue weighted by Gasteiger charge is 2.19. The Morgan fingerprint density at radius 1 is 1.10 bits per heavy atom. The summed E-state index contributed by atoms with van der Waals surface area (Å²) in [6.07, 6.45) is 2.60. The highest BCUT2D eigenvalue weighted by atomic mass is 35.5. The molecule has 0 fully saturated rings. The maximum atomic E-state index is 14.1. The van der Waals surface area contributed by atoms with Crippen LogP contribution in [0, 0.1) is 5.82 Å². The summed E-state index contributed by atoms with van der Waals surface area (Å²) in [6, 6.07) is 16.0. The Balaban J connectivity index is 0.00000231. The van der Waals surface area contributed by atoms with E-state index in [1.807, 2.05) is 47.2 Å². The van der Waals surface area contributed by atoms with Crippen LogP contribution in [0.15, 0.2) is 65.6 Å². The van der Waals surface area contributed by atoms with Gasteiger partial charge in [-0.05, 0) is 43.3 Å². The first kappa shape index (κ1) is 20.8. The second kappa shape index (κ2) is 8.33. The number of nitrogens with zero attached hydrogens (tertiary/aromatic N) is 4. The Kier molecular flexibility index (Phi) is 5.58. The van der Waals surface area contributed by atoms with Crippen LogP contribution in [0.3, 0.4) is 0 Å². The molecule has 0 spiro atoms. The van der Waals surface area contributed by atoms with Gasteiger partial charge in [0.2, 0.25) is 0 Å². The van der Waals surface area contributed by atoms with E-state index in [9.17, 15) is 9.18 Å². The molecular formula is C22H20ClFN6O. The fourth-order valence-corrected chi connectivity index (χ4v) is 3.76. The lowest BCUT2D eigenvalue weighted by atomic mass is 10.2. The van der Waals surface area contributed by atoms with E-state index in [1.54, 1.807) is 6.07 Å². The van der Waals surface area contributed by atoms with Crippen molar-refractivity contribution in [1.82, 2.24) is 24.3 Å². The summed E-state index contributed by atoms with van der Waals surface area (Å²) >= 11 is 0. The molecule has 7 nitrogen and oxygen atoms in total. The van der Waals surface area contributed by atoms with Crippen LogP contribution < -0.4 is 11.4 Å². The monoisotopic (exact) mass is 438 g/mol. The number of rotatable bonds is 5. The summed E-state index contributed by atoms with van der Waals surface area (Å²) in [6.45, 7) is 1.20. The average Bonchev–Trinajstić information content (AvgIpc) is 3.31. The predicted octanol–water partition coefficient (Wildman–Crippen LogP) is 3.64. The molecule has 0 unspecified atom stereocenters. The topological polar surface area (TPSA) is 94.5 Å². The van der Waals surface area contributed by atoms with Crippen LogP contribution in [0.1, 0.15) is 6.42 Å². The predicted molar refractivity (Wildman–Crippen MR) is 121 cm³/mol. The lowest BCUT2D eigenvalue weighted by Gasteiger charge is -2.05. The molecule has 3 heterocycles. The van der Waals surface area contributed by atoms with Gasteiger partial charge in [-0.1, -0.05) is 24.3 Å². The third-order valence-corrected chi connectivity index (χ3v) is 5.17. The molecule has 0 atom stereocenters. The Bertz CT molecular complexity index is 1440. The van der Waals surface area contributed by atoms with Crippen LogP contribution in [0.25, 0.3) is 39.0 Å². The van der Waals surface area contributed by atoms with Crippen molar-refractivity contribution in [2.45, 2.75) is 13.0 Å². The van der Waals surface area contributed by atoms with Crippen LogP contribution in [0.2, 0.25) is 0 Å². The van der Waals surface area contributed by atoms with Gasteiger partial charge >= 0.3 is 5.69 Å². The van der Waals surface area contributed by atoms with E-state index in [0.29, 0.717) is 35.7 Å². The molecule has 0 saturated carbocycles. The number of aryl methyl sites for hydroxylation is 1. The minimum Gasteiger partial charge on any atom is -0.345 e.